The number of nitrogens with zero attached hydrogens (tertiary/aromatic N) is 4. The van der Waals surface area contributed by atoms with Crippen LogP contribution in [0.25, 0.3) is 16.3 Å². The van der Waals surface area contributed by atoms with Crippen LogP contribution >= 0.6 is 34.9 Å². The second kappa shape index (κ2) is 10.9. The Morgan fingerprint density at radius 2 is 1.64 bits per heavy atom. The molecule has 4 aromatic carbocycles. The number of carbonyl (C=O) groups is 1. The second-order valence-corrected chi connectivity index (χ2v) is 11.7. The third-order valence-electron chi connectivity index (χ3n) is 5.75. The lowest BCUT2D eigenvalue weighted by atomic mass is 10.2. The standard InChI is InChI=1S/C29H18N4O3S3/c34-27-26(37-28(30-20-9-3-1-4-10-20)32(27)21-11-5-2-6-12-21)18-19-15-16-25(23(17-19)33(35)36)39-29-31-22-13-7-8-14-24(22)38-29/h1-18H/b26-18-,30-28?. The number of amides is 1. The Morgan fingerprint density at radius 1 is 0.923 bits per heavy atom. The fourth-order valence-corrected chi connectivity index (χ4v) is 7.07. The molecule has 0 aliphatic carbocycles. The van der Waals surface area contributed by atoms with Crippen LogP contribution in [0.4, 0.5) is 17.1 Å². The molecule has 1 fully saturated rings. The summed E-state index contributed by atoms with van der Waals surface area (Å²) < 4.78 is 1.75. The lowest BCUT2D eigenvalue weighted by Gasteiger charge is -2.15. The van der Waals surface area contributed by atoms with E-state index in [9.17, 15) is 14.9 Å². The molecule has 5 aromatic rings. The molecule has 0 bridgehead atoms. The average Bonchev–Trinajstić information content (AvgIpc) is 3.50. The molecule has 0 N–H and O–H groups in total. The van der Waals surface area contributed by atoms with Crippen LogP contribution in [0.2, 0.25) is 0 Å². The number of aromatic nitrogens is 1. The van der Waals surface area contributed by atoms with Crippen molar-refractivity contribution in [1.82, 2.24) is 4.98 Å². The molecule has 0 spiro atoms. The Hall–Kier alpha value is -4.25. The Morgan fingerprint density at radius 3 is 2.38 bits per heavy atom. The van der Waals surface area contributed by atoms with Crippen molar-refractivity contribution in [3.63, 3.8) is 0 Å². The van der Waals surface area contributed by atoms with E-state index in [-0.39, 0.29) is 11.6 Å². The largest absolute Gasteiger partial charge is 0.283 e. The number of para-hydroxylation sites is 3. The number of nitro benzene ring substituents is 1. The number of benzene rings is 4. The molecule has 0 saturated carbocycles. The Bertz CT molecular complexity index is 1740. The number of nitro groups is 1. The van der Waals surface area contributed by atoms with Gasteiger partial charge in [-0.15, -0.1) is 11.3 Å². The van der Waals surface area contributed by atoms with Gasteiger partial charge in [-0.05, 0) is 65.9 Å². The molecule has 1 aromatic heterocycles. The summed E-state index contributed by atoms with van der Waals surface area (Å²) in [6.07, 6.45) is 1.68. The monoisotopic (exact) mass is 566 g/mol. The van der Waals surface area contributed by atoms with Gasteiger partial charge in [0.25, 0.3) is 11.6 Å². The zero-order valence-corrected chi connectivity index (χ0v) is 22.6. The molecule has 2 heterocycles. The Kier molecular flexibility index (Phi) is 6.97. The summed E-state index contributed by atoms with van der Waals surface area (Å²) in [4.78, 5) is 36.9. The predicted octanol–water partition coefficient (Wildman–Crippen LogP) is 8.16. The van der Waals surface area contributed by atoms with E-state index < -0.39 is 4.92 Å². The van der Waals surface area contributed by atoms with E-state index in [0.717, 1.165) is 20.2 Å². The number of thioether (sulfide) groups is 1. The second-order valence-electron chi connectivity index (χ2n) is 8.35. The molecule has 7 nitrogen and oxygen atoms in total. The summed E-state index contributed by atoms with van der Waals surface area (Å²) in [5, 5.41) is 12.5. The number of rotatable bonds is 6. The van der Waals surface area contributed by atoms with Crippen LogP contribution in [-0.2, 0) is 4.79 Å². The molecular formula is C29H18N4O3S3. The summed E-state index contributed by atoms with van der Waals surface area (Å²) in [7, 11) is 0. The molecule has 39 heavy (non-hydrogen) atoms. The van der Waals surface area contributed by atoms with Gasteiger partial charge in [0, 0.05) is 6.07 Å². The highest BCUT2D eigenvalue weighted by Gasteiger charge is 2.35. The van der Waals surface area contributed by atoms with Crippen LogP contribution in [0.15, 0.2) is 122 Å². The number of thiazole rings is 1. The maximum absolute atomic E-state index is 13.5. The van der Waals surface area contributed by atoms with Gasteiger partial charge in [0.05, 0.1) is 36.3 Å². The average molecular weight is 567 g/mol. The van der Waals surface area contributed by atoms with E-state index in [2.05, 4.69) is 4.98 Å². The minimum Gasteiger partial charge on any atom is -0.268 e. The van der Waals surface area contributed by atoms with Crippen LogP contribution in [0, 0.1) is 10.1 Å². The Labute approximate surface area is 236 Å². The third-order valence-corrected chi connectivity index (χ3v) is 8.88. The Balaban J connectivity index is 1.34. The number of hydrogen-bond donors (Lipinski definition) is 0. The van der Waals surface area contributed by atoms with Gasteiger partial charge in [0.1, 0.15) is 0 Å². The van der Waals surface area contributed by atoms with Crippen molar-refractivity contribution in [2.24, 2.45) is 4.99 Å². The third kappa shape index (κ3) is 5.35. The molecular weight excluding hydrogens is 549 g/mol. The van der Waals surface area contributed by atoms with Crippen molar-refractivity contribution >= 4 is 79.3 Å². The van der Waals surface area contributed by atoms with Crippen molar-refractivity contribution < 1.29 is 9.72 Å². The lowest BCUT2D eigenvalue weighted by Crippen LogP contribution is -2.28. The fraction of sp³-hybridized carbons (Fsp3) is 0. The fourth-order valence-electron chi connectivity index (χ4n) is 3.96. The van der Waals surface area contributed by atoms with Gasteiger partial charge >= 0.3 is 0 Å². The van der Waals surface area contributed by atoms with Gasteiger partial charge < -0.3 is 0 Å². The van der Waals surface area contributed by atoms with Crippen molar-refractivity contribution in [3.8, 4) is 0 Å². The lowest BCUT2D eigenvalue weighted by molar-refractivity contribution is -0.387. The van der Waals surface area contributed by atoms with E-state index in [0.29, 0.717) is 26.2 Å². The number of fused-ring (bicyclic) bond motifs is 1. The molecule has 1 aliphatic heterocycles. The van der Waals surface area contributed by atoms with Crippen molar-refractivity contribution in [1.29, 1.82) is 0 Å². The van der Waals surface area contributed by atoms with E-state index in [4.69, 9.17) is 4.99 Å². The maximum atomic E-state index is 13.5. The zero-order chi connectivity index (χ0) is 26.8. The number of hydrogen-bond acceptors (Lipinski definition) is 8. The quantitative estimate of drug-likeness (QED) is 0.117. The van der Waals surface area contributed by atoms with Crippen molar-refractivity contribution in [2.75, 3.05) is 4.90 Å². The number of aliphatic imine (C=N–C) groups is 1. The number of amidine groups is 1. The molecule has 0 atom stereocenters. The minimum atomic E-state index is -0.403. The van der Waals surface area contributed by atoms with Crippen LogP contribution in [0.3, 0.4) is 0 Å². The van der Waals surface area contributed by atoms with E-state index in [1.165, 1.54) is 40.9 Å². The summed E-state index contributed by atoms with van der Waals surface area (Å²) >= 11 is 4.00. The highest BCUT2D eigenvalue weighted by molar-refractivity contribution is 8.19. The molecule has 190 valence electrons. The zero-order valence-electron chi connectivity index (χ0n) is 20.1. The summed E-state index contributed by atoms with van der Waals surface area (Å²) in [6.45, 7) is 0. The molecule has 1 amide bonds. The SMILES string of the molecule is O=C1/C(=C/c2ccc(Sc3nc4ccccc4s3)c([N+](=O)[O-])c2)SC(=Nc2ccccc2)N1c1ccccc1. The number of anilines is 1. The first-order valence-corrected chi connectivity index (χ1v) is 14.2. The molecule has 1 saturated heterocycles. The minimum absolute atomic E-state index is 0.0397. The van der Waals surface area contributed by atoms with E-state index in [1.807, 2.05) is 84.9 Å². The molecule has 0 unspecified atom stereocenters. The summed E-state index contributed by atoms with van der Waals surface area (Å²) in [5.74, 6) is -0.239. The molecule has 10 heteroatoms. The van der Waals surface area contributed by atoms with E-state index >= 15 is 0 Å². The number of carbonyl (C=O) groups excluding carboxylic acids is 1. The maximum Gasteiger partial charge on any atom is 0.283 e. The van der Waals surface area contributed by atoms with Gasteiger partial charge in [0.15, 0.2) is 9.51 Å². The molecule has 1 aliphatic rings. The van der Waals surface area contributed by atoms with Crippen LogP contribution in [0.5, 0.6) is 0 Å². The topological polar surface area (TPSA) is 88.7 Å². The smallest absolute Gasteiger partial charge is 0.268 e. The summed E-state index contributed by atoms with van der Waals surface area (Å²) in [6, 6.07) is 31.5. The van der Waals surface area contributed by atoms with Crippen molar-refractivity contribution in [2.45, 2.75) is 9.24 Å². The van der Waals surface area contributed by atoms with Gasteiger partial charge in [-0.2, -0.15) is 0 Å². The normalized spacial score (nSPS) is 15.5. The van der Waals surface area contributed by atoms with Gasteiger partial charge in [-0.1, -0.05) is 66.4 Å². The first-order chi connectivity index (χ1) is 19.0. The van der Waals surface area contributed by atoms with Crippen LogP contribution < -0.4 is 4.90 Å². The molecule has 0 radical (unpaired) electrons. The summed E-state index contributed by atoms with van der Waals surface area (Å²) in [5.41, 5.74) is 2.80. The van der Waals surface area contributed by atoms with Gasteiger partial charge in [0.2, 0.25) is 0 Å². The van der Waals surface area contributed by atoms with Gasteiger partial charge in [-0.25, -0.2) is 9.98 Å². The highest BCUT2D eigenvalue weighted by atomic mass is 32.2. The predicted molar refractivity (Wildman–Crippen MR) is 160 cm³/mol. The van der Waals surface area contributed by atoms with E-state index in [1.54, 1.807) is 23.1 Å². The first-order valence-electron chi connectivity index (χ1n) is 11.8. The van der Waals surface area contributed by atoms with Crippen LogP contribution in [-0.4, -0.2) is 21.0 Å². The van der Waals surface area contributed by atoms with Crippen molar-refractivity contribution in [3.05, 3.63) is 124 Å². The van der Waals surface area contributed by atoms with Crippen LogP contribution in [0.1, 0.15) is 5.56 Å². The molecule has 6 rings (SSSR count). The first kappa shape index (κ1) is 25.1. The highest BCUT2D eigenvalue weighted by Crippen LogP contribution is 2.41. The van der Waals surface area contributed by atoms with Gasteiger partial charge in [-0.3, -0.25) is 19.8 Å².